The Morgan fingerprint density at radius 1 is 1.11 bits per heavy atom. The number of fused-ring (bicyclic) bond motifs is 1. The lowest BCUT2D eigenvalue weighted by molar-refractivity contribution is -0.146. The Bertz CT molecular complexity index is 1030. The molecule has 0 radical (unpaired) electrons. The van der Waals surface area contributed by atoms with Crippen molar-refractivity contribution >= 4 is 17.5 Å². The highest BCUT2D eigenvalue weighted by Gasteiger charge is 2.40. The topological polar surface area (TPSA) is 77.7 Å². The van der Waals surface area contributed by atoms with Gasteiger partial charge in [-0.2, -0.15) is 4.98 Å². The van der Waals surface area contributed by atoms with Gasteiger partial charge in [0, 0.05) is 23.7 Å². The van der Waals surface area contributed by atoms with E-state index in [-0.39, 0.29) is 18.4 Å². The number of carbonyl (C=O) groups is 1. The van der Waals surface area contributed by atoms with Crippen molar-refractivity contribution in [3.05, 3.63) is 59.4 Å². The van der Waals surface area contributed by atoms with E-state index in [0.717, 1.165) is 5.56 Å². The monoisotopic (exact) mass is 397 g/mol. The first-order valence-electron chi connectivity index (χ1n) is 8.94. The Morgan fingerprint density at radius 2 is 1.93 bits per heavy atom. The SMILES string of the molecule is O=C([C@@H]1COc2ccccc2O1)N1CC(c2nc(-c3cccc(Cl)c3)no2)C1. The van der Waals surface area contributed by atoms with E-state index >= 15 is 0 Å². The molecule has 2 aliphatic rings. The van der Waals surface area contributed by atoms with Crippen LogP contribution in [-0.2, 0) is 4.79 Å². The molecule has 2 aromatic carbocycles. The van der Waals surface area contributed by atoms with E-state index in [1.807, 2.05) is 30.3 Å². The summed E-state index contributed by atoms with van der Waals surface area (Å²) in [5, 5.41) is 4.63. The summed E-state index contributed by atoms with van der Waals surface area (Å²) in [6.45, 7) is 1.23. The minimum Gasteiger partial charge on any atom is -0.485 e. The van der Waals surface area contributed by atoms with Gasteiger partial charge in [-0.05, 0) is 24.3 Å². The van der Waals surface area contributed by atoms with Gasteiger partial charge in [-0.3, -0.25) is 4.79 Å². The van der Waals surface area contributed by atoms with Crippen molar-refractivity contribution in [2.75, 3.05) is 19.7 Å². The summed E-state index contributed by atoms with van der Waals surface area (Å²) in [6, 6.07) is 14.6. The van der Waals surface area contributed by atoms with Crippen molar-refractivity contribution in [3.8, 4) is 22.9 Å². The number of hydrogen-bond donors (Lipinski definition) is 0. The van der Waals surface area contributed by atoms with Gasteiger partial charge in [0.1, 0.15) is 6.61 Å². The fourth-order valence-electron chi connectivity index (χ4n) is 3.31. The minimum absolute atomic E-state index is 0.0150. The summed E-state index contributed by atoms with van der Waals surface area (Å²) < 4.78 is 16.8. The van der Waals surface area contributed by atoms with Crippen LogP contribution in [0.5, 0.6) is 11.5 Å². The molecule has 8 heteroatoms. The fraction of sp³-hybridized carbons (Fsp3) is 0.250. The van der Waals surface area contributed by atoms with Crippen molar-refractivity contribution < 1.29 is 18.8 Å². The Kier molecular flexibility index (Phi) is 4.16. The van der Waals surface area contributed by atoms with Gasteiger partial charge in [0.2, 0.25) is 17.8 Å². The summed E-state index contributed by atoms with van der Waals surface area (Å²) in [5.74, 6) is 2.18. The number of aromatic nitrogens is 2. The van der Waals surface area contributed by atoms with Crippen LogP contribution in [0.25, 0.3) is 11.4 Å². The second kappa shape index (κ2) is 6.83. The molecule has 0 bridgehead atoms. The molecule has 1 atom stereocenters. The lowest BCUT2D eigenvalue weighted by Crippen LogP contribution is -2.55. The first-order valence-corrected chi connectivity index (χ1v) is 9.32. The summed E-state index contributed by atoms with van der Waals surface area (Å²) in [5.41, 5.74) is 0.793. The molecule has 5 rings (SSSR count). The Labute approximate surface area is 165 Å². The largest absolute Gasteiger partial charge is 0.485 e. The van der Waals surface area contributed by atoms with Crippen LogP contribution in [0.15, 0.2) is 53.1 Å². The molecule has 28 heavy (non-hydrogen) atoms. The molecule has 0 spiro atoms. The van der Waals surface area contributed by atoms with Crippen LogP contribution in [-0.4, -0.2) is 46.7 Å². The summed E-state index contributed by atoms with van der Waals surface area (Å²) >= 11 is 6.01. The third-order valence-electron chi connectivity index (χ3n) is 4.85. The predicted molar refractivity (Wildman–Crippen MR) is 100 cm³/mol. The van der Waals surface area contributed by atoms with Crippen molar-refractivity contribution in [2.24, 2.45) is 0 Å². The van der Waals surface area contributed by atoms with E-state index in [2.05, 4.69) is 10.1 Å². The predicted octanol–water partition coefficient (Wildman–Crippen LogP) is 3.16. The number of carbonyl (C=O) groups excluding carboxylic acids is 1. The van der Waals surface area contributed by atoms with Crippen LogP contribution >= 0.6 is 11.6 Å². The molecule has 1 amide bonds. The smallest absolute Gasteiger partial charge is 0.267 e. The maximum atomic E-state index is 12.7. The lowest BCUT2D eigenvalue weighted by atomic mass is 9.99. The van der Waals surface area contributed by atoms with Gasteiger partial charge in [0.05, 0.1) is 5.92 Å². The molecule has 7 nitrogen and oxygen atoms in total. The van der Waals surface area contributed by atoms with E-state index in [0.29, 0.717) is 41.3 Å². The zero-order valence-electron chi connectivity index (χ0n) is 14.7. The highest BCUT2D eigenvalue weighted by molar-refractivity contribution is 6.30. The van der Waals surface area contributed by atoms with E-state index in [1.165, 1.54) is 0 Å². The van der Waals surface area contributed by atoms with Crippen LogP contribution in [0, 0.1) is 0 Å². The number of halogens is 1. The number of para-hydroxylation sites is 2. The van der Waals surface area contributed by atoms with Crippen LogP contribution < -0.4 is 9.47 Å². The van der Waals surface area contributed by atoms with Crippen molar-refractivity contribution in [1.29, 1.82) is 0 Å². The maximum Gasteiger partial charge on any atom is 0.267 e. The zero-order chi connectivity index (χ0) is 19.1. The first kappa shape index (κ1) is 17.1. The Hall–Kier alpha value is -3.06. The van der Waals surface area contributed by atoms with Crippen LogP contribution in [0.3, 0.4) is 0 Å². The molecule has 0 N–H and O–H groups in total. The molecule has 142 valence electrons. The Balaban J connectivity index is 1.22. The van der Waals surface area contributed by atoms with Gasteiger partial charge >= 0.3 is 0 Å². The van der Waals surface area contributed by atoms with Gasteiger partial charge in [0.25, 0.3) is 5.91 Å². The van der Waals surface area contributed by atoms with Gasteiger partial charge in [0.15, 0.2) is 11.5 Å². The van der Waals surface area contributed by atoms with E-state index in [9.17, 15) is 4.79 Å². The molecule has 1 fully saturated rings. The van der Waals surface area contributed by atoms with E-state index in [4.69, 9.17) is 25.6 Å². The van der Waals surface area contributed by atoms with Gasteiger partial charge in [-0.25, -0.2) is 0 Å². The molecule has 0 saturated carbocycles. The van der Waals surface area contributed by atoms with Gasteiger partial charge in [-0.15, -0.1) is 0 Å². The second-order valence-electron chi connectivity index (χ2n) is 6.77. The number of hydrogen-bond acceptors (Lipinski definition) is 6. The number of benzene rings is 2. The number of amides is 1. The van der Waals surface area contributed by atoms with E-state index < -0.39 is 6.10 Å². The zero-order valence-corrected chi connectivity index (χ0v) is 15.5. The normalized spacial score (nSPS) is 18.6. The van der Waals surface area contributed by atoms with E-state index in [1.54, 1.807) is 23.1 Å². The summed E-state index contributed by atoms with van der Waals surface area (Å²) in [4.78, 5) is 18.8. The standard InChI is InChI=1S/C20H16ClN3O4/c21-14-5-3-4-12(8-14)18-22-19(28-23-18)13-9-24(10-13)20(25)17-11-26-15-6-1-2-7-16(15)27-17/h1-8,13,17H,9-11H2/t17-/m0/s1. The maximum absolute atomic E-state index is 12.7. The molecular weight excluding hydrogens is 382 g/mol. The molecular formula is C20H16ClN3O4. The molecule has 0 aliphatic carbocycles. The first-order chi connectivity index (χ1) is 13.7. The molecule has 3 aromatic rings. The number of likely N-dealkylation sites (tertiary alicyclic amines) is 1. The Morgan fingerprint density at radius 3 is 2.75 bits per heavy atom. The molecule has 2 aliphatic heterocycles. The third kappa shape index (κ3) is 3.07. The second-order valence-corrected chi connectivity index (χ2v) is 7.21. The molecule has 1 aromatic heterocycles. The average molecular weight is 398 g/mol. The highest BCUT2D eigenvalue weighted by atomic mass is 35.5. The fourth-order valence-corrected chi connectivity index (χ4v) is 3.50. The molecule has 1 saturated heterocycles. The van der Waals surface area contributed by atoms with Gasteiger partial charge in [-0.1, -0.05) is 41.0 Å². The number of ether oxygens (including phenoxy) is 2. The minimum atomic E-state index is -0.638. The third-order valence-corrected chi connectivity index (χ3v) is 5.09. The quantitative estimate of drug-likeness (QED) is 0.675. The summed E-state index contributed by atoms with van der Waals surface area (Å²) in [6.07, 6.45) is -0.638. The highest BCUT2D eigenvalue weighted by Crippen LogP contribution is 2.33. The molecule has 3 heterocycles. The molecule has 0 unspecified atom stereocenters. The van der Waals surface area contributed by atoms with Crippen LogP contribution in [0.2, 0.25) is 5.02 Å². The lowest BCUT2D eigenvalue weighted by Gasteiger charge is -2.39. The van der Waals surface area contributed by atoms with Crippen molar-refractivity contribution in [1.82, 2.24) is 15.0 Å². The van der Waals surface area contributed by atoms with Crippen LogP contribution in [0.4, 0.5) is 0 Å². The number of nitrogens with zero attached hydrogens (tertiary/aromatic N) is 3. The number of rotatable bonds is 3. The average Bonchev–Trinajstić information content (AvgIpc) is 3.16. The van der Waals surface area contributed by atoms with Crippen molar-refractivity contribution in [3.63, 3.8) is 0 Å². The van der Waals surface area contributed by atoms with Crippen LogP contribution in [0.1, 0.15) is 11.8 Å². The summed E-state index contributed by atoms with van der Waals surface area (Å²) in [7, 11) is 0. The van der Waals surface area contributed by atoms with Crippen molar-refractivity contribution in [2.45, 2.75) is 12.0 Å². The van der Waals surface area contributed by atoms with Gasteiger partial charge < -0.3 is 18.9 Å².